The van der Waals surface area contributed by atoms with Crippen LogP contribution in [0.5, 0.6) is 0 Å². The van der Waals surface area contributed by atoms with Crippen molar-refractivity contribution in [1.29, 1.82) is 0 Å². The molecule has 2 aliphatic rings. The lowest BCUT2D eigenvalue weighted by Crippen LogP contribution is -2.15. The lowest BCUT2D eigenvalue weighted by atomic mass is 10.1. The van der Waals surface area contributed by atoms with E-state index >= 15 is 0 Å². The first kappa shape index (κ1) is 20.3. The maximum absolute atomic E-state index is 12.5. The average molecular weight is 432 g/mol. The molecule has 2 N–H and O–H groups in total. The van der Waals surface area contributed by atoms with Crippen LogP contribution in [0.3, 0.4) is 0 Å². The smallest absolute Gasteiger partial charge is 0.228 e. The largest absolute Gasteiger partial charge is 0.339 e. The van der Waals surface area contributed by atoms with Gasteiger partial charge in [-0.15, -0.1) is 0 Å². The van der Waals surface area contributed by atoms with Crippen LogP contribution in [0.2, 0.25) is 0 Å². The molecule has 0 aliphatic heterocycles. The Kier molecular flexibility index (Phi) is 5.16. The van der Waals surface area contributed by atoms with E-state index in [-0.39, 0.29) is 17.6 Å². The molecular formula is C23H25N7O2. The number of nitrogens with one attached hydrogen (secondary N) is 2. The molecule has 9 nitrogen and oxygen atoms in total. The predicted octanol–water partition coefficient (Wildman–Crippen LogP) is 4.06. The number of ketones is 1. The van der Waals surface area contributed by atoms with Crippen LogP contribution in [0.1, 0.15) is 61.0 Å². The van der Waals surface area contributed by atoms with Crippen molar-refractivity contribution >= 4 is 29.0 Å². The van der Waals surface area contributed by atoms with Gasteiger partial charge in [-0.2, -0.15) is 15.0 Å². The van der Waals surface area contributed by atoms with Gasteiger partial charge in [-0.3, -0.25) is 9.59 Å². The molecule has 9 heteroatoms. The maximum atomic E-state index is 12.5. The number of aromatic nitrogens is 5. The second-order valence-corrected chi connectivity index (χ2v) is 8.39. The summed E-state index contributed by atoms with van der Waals surface area (Å²) < 4.78 is 0. The van der Waals surface area contributed by atoms with Gasteiger partial charge in [-0.25, -0.2) is 9.97 Å². The number of amides is 1. The molecule has 0 saturated heterocycles. The number of carbonyl (C=O) groups is 2. The summed E-state index contributed by atoms with van der Waals surface area (Å²) >= 11 is 0. The fourth-order valence-corrected chi connectivity index (χ4v) is 3.56. The lowest BCUT2D eigenvalue weighted by molar-refractivity contribution is -0.117. The Hall–Kier alpha value is -3.62. The Balaban J connectivity index is 1.46. The lowest BCUT2D eigenvalue weighted by Gasteiger charge is -2.15. The highest BCUT2D eigenvalue weighted by Gasteiger charge is 2.30. The van der Waals surface area contributed by atoms with Gasteiger partial charge in [0.25, 0.3) is 0 Å². The molecule has 3 aromatic heterocycles. The molecule has 2 aliphatic carbocycles. The number of rotatable bonds is 8. The van der Waals surface area contributed by atoms with Crippen molar-refractivity contribution in [3.05, 3.63) is 41.9 Å². The van der Waals surface area contributed by atoms with Crippen LogP contribution in [0.15, 0.2) is 30.7 Å². The number of Topliss-reactive ketones (excluding diaryl/α,β-unsaturated/α-hetero) is 1. The summed E-state index contributed by atoms with van der Waals surface area (Å²) in [5.74, 6) is 1.02. The summed E-state index contributed by atoms with van der Waals surface area (Å²) in [5, 5.41) is 15.1. The van der Waals surface area contributed by atoms with Gasteiger partial charge in [-0.05, 0) is 38.7 Å². The number of carbonyl (C=O) groups excluding carboxylic acids is 2. The van der Waals surface area contributed by atoms with E-state index in [9.17, 15) is 9.59 Å². The van der Waals surface area contributed by atoms with Crippen molar-refractivity contribution in [2.24, 2.45) is 5.92 Å². The van der Waals surface area contributed by atoms with Gasteiger partial charge in [0.1, 0.15) is 17.3 Å². The standard InChI is InChI=1S/C23H25N7O2/c1-3-20(31)17-11-25-21(28-23(32)14-4-5-14)10-18(17)27-22-13(2)16(8-9-24-22)19-12-26-30(29-19)15-6-7-15/h8-12,14-15H,3-7H2,1-2H3,(H2,24,25,27,28,32). The molecule has 3 heterocycles. The third-order valence-corrected chi connectivity index (χ3v) is 5.84. The zero-order valence-corrected chi connectivity index (χ0v) is 18.1. The van der Waals surface area contributed by atoms with Gasteiger partial charge >= 0.3 is 0 Å². The molecule has 164 valence electrons. The first-order chi connectivity index (χ1) is 15.5. The van der Waals surface area contributed by atoms with Crippen molar-refractivity contribution in [3.8, 4) is 11.3 Å². The van der Waals surface area contributed by atoms with E-state index in [2.05, 4.69) is 30.8 Å². The number of nitrogens with zero attached hydrogens (tertiary/aromatic N) is 5. The Labute approximate surface area is 185 Å². The second kappa shape index (κ2) is 8.14. The topological polar surface area (TPSA) is 115 Å². The SMILES string of the molecule is CCC(=O)c1cnc(NC(=O)C2CC2)cc1Nc1nccc(-c2cnn(C3CC3)n2)c1C. The van der Waals surface area contributed by atoms with Gasteiger partial charge in [0, 0.05) is 41.9 Å². The molecule has 1 amide bonds. The Morgan fingerprint density at radius 2 is 1.97 bits per heavy atom. The highest BCUT2D eigenvalue weighted by atomic mass is 16.2. The van der Waals surface area contributed by atoms with Crippen molar-refractivity contribution in [2.45, 2.75) is 52.0 Å². The van der Waals surface area contributed by atoms with Crippen LogP contribution in [-0.4, -0.2) is 36.7 Å². The predicted molar refractivity (Wildman–Crippen MR) is 120 cm³/mol. The van der Waals surface area contributed by atoms with Crippen molar-refractivity contribution < 1.29 is 9.59 Å². The summed E-state index contributed by atoms with van der Waals surface area (Å²) in [6.07, 6.45) is 9.39. The van der Waals surface area contributed by atoms with Crippen LogP contribution < -0.4 is 10.6 Å². The molecule has 0 aromatic carbocycles. The zero-order valence-electron chi connectivity index (χ0n) is 18.1. The van der Waals surface area contributed by atoms with E-state index in [0.717, 1.165) is 42.5 Å². The van der Waals surface area contributed by atoms with Gasteiger partial charge in [0.05, 0.1) is 23.5 Å². The minimum absolute atomic E-state index is 0.0342. The molecule has 2 fully saturated rings. The molecule has 0 atom stereocenters. The first-order valence-corrected chi connectivity index (χ1v) is 11.0. The molecule has 0 bridgehead atoms. The summed E-state index contributed by atoms with van der Waals surface area (Å²) in [6, 6.07) is 4.01. The molecule has 3 aromatic rings. The Morgan fingerprint density at radius 1 is 1.16 bits per heavy atom. The molecule has 0 spiro atoms. The molecule has 0 unspecified atom stereocenters. The highest BCUT2D eigenvalue weighted by molar-refractivity contribution is 6.02. The van der Waals surface area contributed by atoms with Crippen molar-refractivity contribution in [3.63, 3.8) is 0 Å². The Bertz CT molecular complexity index is 1190. The van der Waals surface area contributed by atoms with Gasteiger partial charge in [0.15, 0.2) is 5.78 Å². The number of hydrogen-bond donors (Lipinski definition) is 2. The van der Waals surface area contributed by atoms with Crippen molar-refractivity contribution in [2.75, 3.05) is 10.6 Å². The second-order valence-electron chi connectivity index (χ2n) is 8.39. The van der Waals surface area contributed by atoms with E-state index in [1.165, 1.54) is 6.20 Å². The Morgan fingerprint density at radius 3 is 2.69 bits per heavy atom. The number of anilines is 3. The molecular weight excluding hydrogens is 406 g/mol. The van der Waals surface area contributed by atoms with Crippen LogP contribution in [-0.2, 0) is 4.79 Å². The third kappa shape index (κ3) is 4.10. The average Bonchev–Trinajstić information content (AvgIpc) is 3.73. The van der Waals surface area contributed by atoms with Crippen LogP contribution >= 0.6 is 0 Å². The van der Waals surface area contributed by atoms with E-state index in [4.69, 9.17) is 0 Å². The minimum Gasteiger partial charge on any atom is -0.339 e. The van der Waals surface area contributed by atoms with E-state index in [0.29, 0.717) is 35.3 Å². The monoisotopic (exact) mass is 431 g/mol. The molecule has 0 radical (unpaired) electrons. The van der Waals surface area contributed by atoms with Crippen LogP contribution in [0.4, 0.5) is 17.3 Å². The summed E-state index contributed by atoms with van der Waals surface area (Å²) in [4.78, 5) is 35.2. The fraction of sp³-hybridized carbons (Fsp3) is 0.391. The molecule has 5 rings (SSSR count). The number of hydrogen-bond acceptors (Lipinski definition) is 7. The molecule has 2 saturated carbocycles. The van der Waals surface area contributed by atoms with Crippen LogP contribution in [0, 0.1) is 12.8 Å². The zero-order chi connectivity index (χ0) is 22.2. The summed E-state index contributed by atoms with van der Waals surface area (Å²) in [5.41, 5.74) is 3.63. The summed E-state index contributed by atoms with van der Waals surface area (Å²) in [7, 11) is 0. The van der Waals surface area contributed by atoms with Gasteiger partial charge in [0.2, 0.25) is 5.91 Å². The molecule has 32 heavy (non-hydrogen) atoms. The van der Waals surface area contributed by atoms with Crippen LogP contribution in [0.25, 0.3) is 11.3 Å². The van der Waals surface area contributed by atoms with Crippen molar-refractivity contribution in [1.82, 2.24) is 25.0 Å². The van der Waals surface area contributed by atoms with E-state index in [1.807, 2.05) is 19.9 Å². The van der Waals surface area contributed by atoms with Gasteiger partial charge < -0.3 is 10.6 Å². The minimum atomic E-state index is -0.0405. The number of pyridine rings is 2. The van der Waals surface area contributed by atoms with E-state index < -0.39 is 0 Å². The third-order valence-electron chi connectivity index (χ3n) is 5.84. The van der Waals surface area contributed by atoms with E-state index in [1.54, 1.807) is 23.3 Å². The highest BCUT2D eigenvalue weighted by Crippen LogP contribution is 2.35. The fourth-order valence-electron chi connectivity index (χ4n) is 3.56. The normalized spacial score (nSPS) is 15.4. The van der Waals surface area contributed by atoms with Gasteiger partial charge in [-0.1, -0.05) is 6.92 Å². The first-order valence-electron chi connectivity index (χ1n) is 11.0. The summed E-state index contributed by atoms with van der Waals surface area (Å²) in [6.45, 7) is 3.77. The quantitative estimate of drug-likeness (QED) is 0.517. The maximum Gasteiger partial charge on any atom is 0.228 e.